The third-order valence-electron chi connectivity index (χ3n) is 1.41. The predicted molar refractivity (Wildman–Crippen MR) is 44.9 cm³/mol. The zero-order valence-electron chi connectivity index (χ0n) is 5.36. The molecule has 0 bridgehead atoms. The molecule has 2 rings (SSSR count). The third-order valence-corrected chi connectivity index (χ3v) is 2.14. The van der Waals surface area contributed by atoms with Crippen molar-refractivity contribution in [1.82, 2.24) is 10.2 Å². The minimum atomic E-state index is 0.525. The number of H-pyrrole nitrogens is 1. The molecule has 0 amide bonds. The first-order valence-electron chi connectivity index (χ1n) is 2.98. The van der Waals surface area contributed by atoms with Crippen molar-refractivity contribution in [3.05, 3.63) is 28.4 Å². The first kappa shape index (κ1) is 6.95. The van der Waals surface area contributed by atoms with Crippen molar-refractivity contribution in [3.8, 4) is 0 Å². The van der Waals surface area contributed by atoms with Crippen LogP contribution in [0.4, 0.5) is 0 Å². The van der Waals surface area contributed by atoms with Gasteiger partial charge >= 0.3 is 0 Å². The third kappa shape index (κ3) is 1.08. The van der Waals surface area contributed by atoms with E-state index in [4.69, 9.17) is 23.2 Å². The van der Waals surface area contributed by atoms with Gasteiger partial charge in [0.1, 0.15) is 6.20 Å². The highest BCUT2D eigenvalue weighted by molar-refractivity contribution is 6.42. The monoisotopic (exact) mass is 185 g/mol. The average Bonchev–Trinajstić information content (AvgIpc) is 2.36. The number of hydrogen-bond acceptors (Lipinski definition) is 1. The van der Waals surface area contributed by atoms with Crippen LogP contribution in [-0.2, 0) is 0 Å². The molecule has 0 unspecified atom stereocenters. The fourth-order valence-electron chi connectivity index (χ4n) is 0.880. The smallest absolute Gasteiger partial charge is 0.121 e. The van der Waals surface area contributed by atoms with Gasteiger partial charge in [-0.25, -0.2) is 0 Å². The Hall–Kier alpha value is -0.730. The molecule has 1 heterocycles. The Kier molecular flexibility index (Phi) is 1.51. The predicted octanol–water partition coefficient (Wildman–Crippen LogP) is 2.67. The summed E-state index contributed by atoms with van der Waals surface area (Å²) < 4.78 is 0. The zero-order chi connectivity index (χ0) is 7.84. The first-order valence-corrected chi connectivity index (χ1v) is 3.74. The number of aromatic amines is 1. The number of benzene rings is 1. The highest BCUT2D eigenvalue weighted by atomic mass is 35.5. The van der Waals surface area contributed by atoms with E-state index in [-0.39, 0.29) is 0 Å². The molecule has 0 aliphatic carbocycles. The molecule has 0 aliphatic rings. The largest absolute Gasteiger partial charge is 0.277 e. The molecule has 2 nitrogen and oxygen atoms in total. The topological polar surface area (TPSA) is 28.7 Å². The summed E-state index contributed by atoms with van der Waals surface area (Å²) in [5.41, 5.74) is 0.847. The van der Waals surface area contributed by atoms with Crippen LogP contribution >= 0.6 is 23.2 Å². The standard InChI is InChI=1S/C7H3Cl2N2/c8-5-1-4-3-10-11-7(4)2-6(5)9/h1-2H,(H,10,11). The second-order valence-electron chi connectivity index (χ2n) is 2.15. The van der Waals surface area contributed by atoms with Crippen molar-refractivity contribution in [1.29, 1.82) is 0 Å². The minimum Gasteiger partial charge on any atom is -0.277 e. The molecule has 11 heavy (non-hydrogen) atoms. The van der Waals surface area contributed by atoms with Gasteiger partial charge in [-0.1, -0.05) is 23.2 Å². The summed E-state index contributed by atoms with van der Waals surface area (Å²) >= 11 is 11.5. The first-order chi connectivity index (χ1) is 5.27. The van der Waals surface area contributed by atoms with Gasteiger partial charge in [0, 0.05) is 5.39 Å². The molecule has 1 aromatic heterocycles. The molecule has 4 heteroatoms. The van der Waals surface area contributed by atoms with Crippen molar-refractivity contribution in [2.24, 2.45) is 0 Å². The Morgan fingerprint density at radius 1 is 1.27 bits per heavy atom. The fourth-order valence-corrected chi connectivity index (χ4v) is 1.21. The van der Waals surface area contributed by atoms with Gasteiger partial charge in [-0.2, -0.15) is 5.10 Å². The summed E-state index contributed by atoms with van der Waals surface area (Å²) in [5.74, 6) is 0. The van der Waals surface area contributed by atoms with Crippen LogP contribution in [0.1, 0.15) is 0 Å². The van der Waals surface area contributed by atoms with Crippen LogP contribution in [0, 0.1) is 6.20 Å². The summed E-state index contributed by atoms with van der Waals surface area (Å²) in [6.45, 7) is 0. The second-order valence-corrected chi connectivity index (χ2v) is 2.96. The Balaban J connectivity index is 2.86. The molecule has 1 N–H and O–H groups in total. The average molecular weight is 186 g/mol. The van der Waals surface area contributed by atoms with Gasteiger partial charge in [-0.05, 0) is 12.1 Å². The van der Waals surface area contributed by atoms with Crippen LogP contribution in [0.25, 0.3) is 10.9 Å². The lowest BCUT2D eigenvalue weighted by Gasteiger charge is -1.93. The van der Waals surface area contributed by atoms with Gasteiger partial charge in [0.25, 0.3) is 0 Å². The number of fused-ring (bicyclic) bond motifs is 1. The Morgan fingerprint density at radius 3 is 2.82 bits per heavy atom. The van der Waals surface area contributed by atoms with E-state index in [1.54, 1.807) is 12.1 Å². The summed E-state index contributed by atoms with van der Waals surface area (Å²) in [7, 11) is 0. The van der Waals surface area contributed by atoms with Crippen molar-refractivity contribution >= 4 is 34.1 Å². The van der Waals surface area contributed by atoms with E-state index in [0.717, 1.165) is 10.9 Å². The van der Waals surface area contributed by atoms with E-state index in [9.17, 15) is 0 Å². The van der Waals surface area contributed by atoms with Crippen molar-refractivity contribution < 1.29 is 0 Å². The SMILES string of the molecule is Clc1cc2[c]n[nH]c2cc1Cl. The Labute approximate surface area is 73.1 Å². The highest BCUT2D eigenvalue weighted by Crippen LogP contribution is 2.25. The zero-order valence-corrected chi connectivity index (χ0v) is 6.87. The summed E-state index contributed by atoms with van der Waals surface area (Å²) in [5, 5.41) is 8.35. The van der Waals surface area contributed by atoms with Crippen LogP contribution < -0.4 is 0 Å². The van der Waals surface area contributed by atoms with Crippen LogP contribution in [-0.4, -0.2) is 10.2 Å². The van der Waals surface area contributed by atoms with Crippen molar-refractivity contribution in [2.75, 3.05) is 0 Å². The lowest BCUT2D eigenvalue weighted by atomic mass is 10.3. The van der Waals surface area contributed by atoms with Gasteiger partial charge < -0.3 is 0 Å². The van der Waals surface area contributed by atoms with E-state index < -0.39 is 0 Å². The summed E-state index contributed by atoms with van der Waals surface area (Å²) in [6.07, 6.45) is 2.74. The molecule has 2 aromatic rings. The maximum atomic E-state index is 5.75. The molecule has 1 aromatic carbocycles. The molecule has 0 saturated carbocycles. The molecular formula is C7H3Cl2N2. The lowest BCUT2D eigenvalue weighted by molar-refractivity contribution is 1.11. The van der Waals surface area contributed by atoms with Gasteiger partial charge in [0.15, 0.2) is 0 Å². The number of aromatic nitrogens is 2. The van der Waals surface area contributed by atoms with Gasteiger partial charge in [0.2, 0.25) is 0 Å². The normalized spacial score (nSPS) is 10.7. The number of nitrogens with zero attached hydrogens (tertiary/aromatic N) is 1. The van der Waals surface area contributed by atoms with Crippen LogP contribution in [0.3, 0.4) is 0 Å². The van der Waals surface area contributed by atoms with E-state index in [0.29, 0.717) is 10.0 Å². The lowest BCUT2D eigenvalue weighted by Crippen LogP contribution is -1.70. The number of nitrogens with one attached hydrogen (secondary N) is 1. The fraction of sp³-hybridized carbons (Fsp3) is 0. The molecule has 0 saturated heterocycles. The van der Waals surface area contributed by atoms with E-state index >= 15 is 0 Å². The number of hydrogen-bond donors (Lipinski definition) is 1. The summed E-state index contributed by atoms with van der Waals surface area (Å²) in [6, 6.07) is 3.45. The maximum Gasteiger partial charge on any atom is 0.121 e. The molecule has 1 radical (unpaired) electrons. The molecule has 0 aliphatic heterocycles. The van der Waals surface area contributed by atoms with Gasteiger partial charge in [0.05, 0.1) is 15.6 Å². The quantitative estimate of drug-likeness (QED) is 0.673. The summed E-state index contributed by atoms with van der Waals surface area (Å²) in [4.78, 5) is 0. The highest BCUT2D eigenvalue weighted by Gasteiger charge is 2.01. The number of halogens is 2. The minimum absolute atomic E-state index is 0.525. The van der Waals surface area contributed by atoms with Gasteiger partial charge in [-0.15, -0.1) is 0 Å². The van der Waals surface area contributed by atoms with Crippen LogP contribution in [0.5, 0.6) is 0 Å². The van der Waals surface area contributed by atoms with Crippen LogP contribution in [0.2, 0.25) is 10.0 Å². The second kappa shape index (κ2) is 2.40. The molecule has 0 atom stereocenters. The van der Waals surface area contributed by atoms with Crippen molar-refractivity contribution in [2.45, 2.75) is 0 Å². The molecule has 55 valence electrons. The Bertz CT molecular complexity index is 358. The molecule has 0 spiro atoms. The van der Waals surface area contributed by atoms with Gasteiger partial charge in [-0.3, -0.25) is 5.10 Å². The molecular weight excluding hydrogens is 183 g/mol. The van der Waals surface area contributed by atoms with E-state index in [1.807, 2.05) is 0 Å². The maximum absolute atomic E-state index is 5.75. The molecule has 0 fully saturated rings. The Morgan fingerprint density at radius 2 is 2.00 bits per heavy atom. The van der Waals surface area contributed by atoms with E-state index in [2.05, 4.69) is 16.4 Å². The van der Waals surface area contributed by atoms with E-state index in [1.165, 1.54) is 0 Å². The number of rotatable bonds is 0. The van der Waals surface area contributed by atoms with Crippen molar-refractivity contribution in [3.63, 3.8) is 0 Å². The van der Waals surface area contributed by atoms with Crippen LogP contribution in [0.15, 0.2) is 12.1 Å².